The van der Waals surface area contributed by atoms with Crippen LogP contribution in [0.25, 0.3) is 0 Å². The number of aliphatic imine (C=N–C) groups is 1. The van der Waals surface area contributed by atoms with Gasteiger partial charge in [-0.25, -0.2) is 0 Å². The summed E-state index contributed by atoms with van der Waals surface area (Å²) in [5, 5.41) is 7.68. The summed E-state index contributed by atoms with van der Waals surface area (Å²) in [5.74, 6) is 2.32. The standard InChI is InChI=1S/C22H26ClN3O3.HI/c1-24-21(25-13-16-6-7-19-20(12-16)29-15-28-19)26-14-22(8-10-27-11-9-22)17-4-2-3-5-18(17)23;/h2-7,12H,8-11,13-15H2,1H3,(H2,24,25,26);1H. The van der Waals surface area contributed by atoms with Gasteiger partial charge in [-0.1, -0.05) is 35.9 Å². The molecule has 8 heteroatoms. The third kappa shape index (κ3) is 5.12. The Morgan fingerprint density at radius 3 is 2.60 bits per heavy atom. The molecule has 2 aromatic carbocycles. The molecule has 0 saturated carbocycles. The predicted octanol–water partition coefficient (Wildman–Crippen LogP) is 4.10. The van der Waals surface area contributed by atoms with Gasteiger partial charge in [0.05, 0.1) is 0 Å². The number of guanidine groups is 1. The number of nitrogens with zero attached hydrogens (tertiary/aromatic N) is 1. The molecule has 2 aliphatic heterocycles. The molecule has 2 aromatic rings. The fourth-order valence-corrected chi connectivity index (χ4v) is 4.24. The van der Waals surface area contributed by atoms with Gasteiger partial charge in [-0.2, -0.15) is 0 Å². The second-order valence-corrected chi connectivity index (χ2v) is 7.75. The van der Waals surface area contributed by atoms with Crippen LogP contribution in [0.2, 0.25) is 5.02 Å². The van der Waals surface area contributed by atoms with Crippen molar-refractivity contribution >= 4 is 41.5 Å². The van der Waals surface area contributed by atoms with Crippen molar-refractivity contribution in [2.45, 2.75) is 24.8 Å². The van der Waals surface area contributed by atoms with Gasteiger partial charge < -0.3 is 24.8 Å². The second-order valence-electron chi connectivity index (χ2n) is 7.34. The number of rotatable bonds is 5. The Morgan fingerprint density at radius 2 is 1.83 bits per heavy atom. The Balaban J connectivity index is 0.00000256. The van der Waals surface area contributed by atoms with Crippen LogP contribution in [-0.4, -0.2) is 39.6 Å². The molecule has 6 nitrogen and oxygen atoms in total. The summed E-state index contributed by atoms with van der Waals surface area (Å²) < 4.78 is 16.4. The molecule has 2 aliphatic rings. The number of ether oxygens (including phenoxy) is 3. The summed E-state index contributed by atoms with van der Waals surface area (Å²) >= 11 is 6.55. The number of fused-ring (bicyclic) bond motifs is 1. The van der Waals surface area contributed by atoms with E-state index in [4.69, 9.17) is 25.8 Å². The molecule has 30 heavy (non-hydrogen) atoms. The van der Waals surface area contributed by atoms with Crippen LogP contribution in [0.15, 0.2) is 47.5 Å². The van der Waals surface area contributed by atoms with Crippen molar-refractivity contribution in [3.63, 3.8) is 0 Å². The molecule has 0 radical (unpaired) electrons. The highest BCUT2D eigenvalue weighted by Gasteiger charge is 2.36. The minimum Gasteiger partial charge on any atom is -0.454 e. The van der Waals surface area contributed by atoms with Crippen LogP contribution in [-0.2, 0) is 16.7 Å². The Morgan fingerprint density at radius 1 is 1.07 bits per heavy atom. The summed E-state index contributed by atoms with van der Waals surface area (Å²) in [6.45, 7) is 3.12. The Bertz CT molecular complexity index is 888. The molecule has 0 spiro atoms. The SMILES string of the molecule is CN=C(NCc1ccc2c(c1)OCO2)NCC1(c2ccccc2Cl)CCOCC1.I. The van der Waals surface area contributed by atoms with E-state index in [1.165, 1.54) is 5.56 Å². The highest BCUT2D eigenvalue weighted by molar-refractivity contribution is 14.0. The minimum atomic E-state index is -0.0764. The van der Waals surface area contributed by atoms with E-state index in [9.17, 15) is 0 Å². The first-order valence-corrected chi connectivity index (χ1v) is 10.2. The molecule has 4 rings (SSSR count). The van der Waals surface area contributed by atoms with Crippen molar-refractivity contribution < 1.29 is 14.2 Å². The van der Waals surface area contributed by atoms with E-state index in [-0.39, 0.29) is 36.2 Å². The highest BCUT2D eigenvalue weighted by Crippen LogP contribution is 2.38. The van der Waals surface area contributed by atoms with Crippen LogP contribution in [0, 0.1) is 0 Å². The van der Waals surface area contributed by atoms with E-state index in [1.807, 2.05) is 36.4 Å². The summed E-state index contributed by atoms with van der Waals surface area (Å²) in [6.07, 6.45) is 1.84. The monoisotopic (exact) mass is 543 g/mol. The first kappa shape index (κ1) is 23.0. The third-order valence-electron chi connectivity index (χ3n) is 5.61. The van der Waals surface area contributed by atoms with Crippen molar-refractivity contribution in [1.29, 1.82) is 0 Å². The quantitative estimate of drug-likeness (QED) is 0.338. The molecule has 2 heterocycles. The molecule has 0 aromatic heterocycles. The maximum Gasteiger partial charge on any atom is 0.231 e. The van der Waals surface area contributed by atoms with Gasteiger partial charge >= 0.3 is 0 Å². The van der Waals surface area contributed by atoms with Gasteiger partial charge in [0.2, 0.25) is 6.79 Å². The second kappa shape index (κ2) is 10.5. The van der Waals surface area contributed by atoms with Crippen LogP contribution < -0.4 is 20.1 Å². The van der Waals surface area contributed by atoms with Gasteiger partial charge in [-0.15, -0.1) is 24.0 Å². The lowest BCUT2D eigenvalue weighted by atomic mass is 9.74. The van der Waals surface area contributed by atoms with E-state index < -0.39 is 0 Å². The topological polar surface area (TPSA) is 64.1 Å². The number of hydrogen-bond donors (Lipinski definition) is 2. The Kier molecular flexibility index (Phi) is 8.07. The minimum absolute atomic E-state index is 0. The van der Waals surface area contributed by atoms with Gasteiger partial charge in [0.25, 0.3) is 0 Å². The molecule has 162 valence electrons. The van der Waals surface area contributed by atoms with Gasteiger partial charge in [0.15, 0.2) is 17.5 Å². The summed E-state index contributed by atoms with van der Waals surface area (Å²) in [6, 6.07) is 14.1. The zero-order valence-corrected chi connectivity index (χ0v) is 20.0. The Hall–Kier alpha value is -1.71. The summed E-state index contributed by atoms with van der Waals surface area (Å²) in [4.78, 5) is 4.38. The van der Waals surface area contributed by atoms with Gasteiger partial charge in [-0.3, -0.25) is 4.99 Å². The van der Waals surface area contributed by atoms with Crippen LogP contribution >= 0.6 is 35.6 Å². The summed E-state index contributed by atoms with van der Waals surface area (Å²) in [7, 11) is 1.78. The van der Waals surface area contributed by atoms with Crippen LogP contribution in [0.3, 0.4) is 0 Å². The molecular formula is C22H27ClIN3O3. The van der Waals surface area contributed by atoms with Crippen LogP contribution in [0.4, 0.5) is 0 Å². The lowest BCUT2D eigenvalue weighted by Crippen LogP contribution is -2.48. The number of hydrogen-bond acceptors (Lipinski definition) is 4. The molecule has 0 unspecified atom stereocenters. The predicted molar refractivity (Wildman–Crippen MR) is 129 cm³/mol. The highest BCUT2D eigenvalue weighted by atomic mass is 127. The first-order valence-electron chi connectivity index (χ1n) is 9.86. The van der Waals surface area contributed by atoms with Gasteiger partial charge in [-0.05, 0) is 42.2 Å². The van der Waals surface area contributed by atoms with Gasteiger partial charge in [0.1, 0.15) is 0 Å². The van der Waals surface area contributed by atoms with Gasteiger partial charge in [0, 0.05) is 43.8 Å². The molecule has 1 saturated heterocycles. The number of nitrogens with one attached hydrogen (secondary N) is 2. The first-order chi connectivity index (χ1) is 14.2. The fraction of sp³-hybridized carbons (Fsp3) is 0.409. The van der Waals surface area contributed by atoms with Crippen molar-refractivity contribution in [3.05, 3.63) is 58.6 Å². The van der Waals surface area contributed by atoms with E-state index in [0.29, 0.717) is 6.54 Å². The summed E-state index contributed by atoms with van der Waals surface area (Å²) in [5.41, 5.74) is 2.19. The molecule has 0 bridgehead atoms. The fourth-order valence-electron chi connectivity index (χ4n) is 3.91. The molecular weight excluding hydrogens is 517 g/mol. The maximum atomic E-state index is 6.55. The number of halogens is 2. The molecule has 0 amide bonds. The zero-order valence-electron chi connectivity index (χ0n) is 16.9. The maximum absolute atomic E-state index is 6.55. The van der Waals surface area contributed by atoms with E-state index in [1.54, 1.807) is 7.05 Å². The third-order valence-corrected chi connectivity index (χ3v) is 5.94. The van der Waals surface area contributed by atoms with Crippen molar-refractivity contribution in [2.24, 2.45) is 4.99 Å². The average Bonchev–Trinajstić information content (AvgIpc) is 3.23. The largest absolute Gasteiger partial charge is 0.454 e. The van der Waals surface area contributed by atoms with Crippen LogP contribution in [0.5, 0.6) is 11.5 Å². The molecule has 2 N–H and O–H groups in total. The smallest absolute Gasteiger partial charge is 0.231 e. The van der Waals surface area contributed by atoms with E-state index in [0.717, 1.165) is 60.6 Å². The van der Waals surface area contributed by atoms with E-state index >= 15 is 0 Å². The van der Waals surface area contributed by atoms with Crippen molar-refractivity contribution in [1.82, 2.24) is 10.6 Å². The van der Waals surface area contributed by atoms with Crippen molar-refractivity contribution in [3.8, 4) is 11.5 Å². The Labute approximate surface area is 199 Å². The van der Waals surface area contributed by atoms with E-state index in [2.05, 4.69) is 21.7 Å². The normalized spacial score (nSPS) is 17.2. The molecule has 1 fully saturated rings. The van der Waals surface area contributed by atoms with Crippen molar-refractivity contribution in [2.75, 3.05) is 33.6 Å². The van der Waals surface area contributed by atoms with Crippen LogP contribution in [0.1, 0.15) is 24.0 Å². The zero-order chi connectivity index (χ0) is 20.1. The lowest BCUT2D eigenvalue weighted by molar-refractivity contribution is 0.0514. The number of benzene rings is 2. The average molecular weight is 544 g/mol. The lowest BCUT2D eigenvalue weighted by Gasteiger charge is -2.38. The molecule has 0 atom stereocenters. The molecule has 0 aliphatic carbocycles.